The molecule has 1 N–H and O–H groups in total. The SMILES string of the molecule is C=C1C(=O)NSc2ccccc21. The molecule has 0 atom stereocenters. The number of fused-ring (bicyclic) bond motifs is 1. The summed E-state index contributed by atoms with van der Waals surface area (Å²) in [6.45, 7) is 3.71. The molecule has 2 rings (SSSR count). The third-order valence-electron chi connectivity index (χ3n) is 1.74. The summed E-state index contributed by atoms with van der Waals surface area (Å²) >= 11 is 1.34. The number of benzene rings is 1. The van der Waals surface area contributed by atoms with E-state index in [0.717, 1.165) is 10.5 Å². The zero-order valence-electron chi connectivity index (χ0n) is 6.33. The number of carbonyl (C=O) groups is 1. The molecule has 1 aromatic carbocycles. The average molecular weight is 177 g/mol. The van der Waals surface area contributed by atoms with Crippen molar-refractivity contribution in [1.82, 2.24) is 4.72 Å². The number of carbonyl (C=O) groups excluding carboxylic acids is 1. The topological polar surface area (TPSA) is 29.1 Å². The molecular formula is C9H7NOS. The van der Waals surface area contributed by atoms with E-state index in [9.17, 15) is 4.79 Å². The summed E-state index contributed by atoms with van der Waals surface area (Å²) in [6, 6.07) is 7.72. The standard InChI is InChI=1S/C9H7NOS/c1-6-7-4-2-3-5-8(7)12-10-9(6)11/h2-5H,1H2,(H,10,11). The number of hydrogen-bond donors (Lipinski definition) is 1. The Balaban J connectivity index is 2.56. The van der Waals surface area contributed by atoms with Crippen LogP contribution in [0.2, 0.25) is 0 Å². The first kappa shape index (κ1) is 7.43. The number of nitrogens with one attached hydrogen (secondary N) is 1. The molecule has 0 unspecified atom stereocenters. The van der Waals surface area contributed by atoms with Crippen LogP contribution in [0.25, 0.3) is 5.57 Å². The lowest BCUT2D eigenvalue weighted by Gasteiger charge is -2.16. The zero-order chi connectivity index (χ0) is 8.55. The molecule has 0 saturated heterocycles. The van der Waals surface area contributed by atoms with Gasteiger partial charge in [0.25, 0.3) is 5.91 Å². The maximum Gasteiger partial charge on any atom is 0.261 e. The van der Waals surface area contributed by atoms with E-state index in [4.69, 9.17) is 0 Å². The Morgan fingerprint density at radius 1 is 1.33 bits per heavy atom. The van der Waals surface area contributed by atoms with E-state index in [1.165, 1.54) is 11.9 Å². The minimum atomic E-state index is -0.0984. The fraction of sp³-hybridized carbons (Fsp3) is 0. The first-order valence-electron chi connectivity index (χ1n) is 3.54. The molecule has 3 heteroatoms. The highest BCUT2D eigenvalue weighted by molar-refractivity contribution is 7.98. The average Bonchev–Trinajstić information content (AvgIpc) is 2.12. The lowest BCUT2D eigenvalue weighted by molar-refractivity contribution is -0.113. The zero-order valence-corrected chi connectivity index (χ0v) is 7.15. The van der Waals surface area contributed by atoms with Crippen molar-refractivity contribution in [3.05, 3.63) is 36.4 Å². The molecule has 1 aromatic rings. The van der Waals surface area contributed by atoms with Crippen LogP contribution in [0.15, 0.2) is 35.7 Å². The van der Waals surface area contributed by atoms with Crippen molar-refractivity contribution in [3.63, 3.8) is 0 Å². The normalized spacial score (nSPS) is 15.3. The predicted molar refractivity (Wildman–Crippen MR) is 49.5 cm³/mol. The van der Waals surface area contributed by atoms with Crippen molar-refractivity contribution >= 4 is 23.4 Å². The van der Waals surface area contributed by atoms with Crippen molar-refractivity contribution < 1.29 is 4.79 Å². The predicted octanol–water partition coefficient (Wildman–Crippen LogP) is 1.84. The summed E-state index contributed by atoms with van der Waals surface area (Å²) in [5.74, 6) is -0.0984. The van der Waals surface area contributed by atoms with E-state index < -0.39 is 0 Å². The largest absolute Gasteiger partial charge is 0.292 e. The van der Waals surface area contributed by atoms with Gasteiger partial charge in [0.1, 0.15) is 0 Å². The van der Waals surface area contributed by atoms with Crippen molar-refractivity contribution in [2.45, 2.75) is 4.90 Å². The monoisotopic (exact) mass is 177 g/mol. The Labute approximate surface area is 74.8 Å². The van der Waals surface area contributed by atoms with Gasteiger partial charge in [-0.1, -0.05) is 24.8 Å². The van der Waals surface area contributed by atoms with Crippen molar-refractivity contribution in [1.29, 1.82) is 0 Å². The molecule has 0 aromatic heterocycles. The minimum absolute atomic E-state index is 0.0984. The molecule has 2 nitrogen and oxygen atoms in total. The van der Waals surface area contributed by atoms with E-state index >= 15 is 0 Å². The van der Waals surface area contributed by atoms with Gasteiger partial charge in [-0.25, -0.2) is 0 Å². The Hall–Kier alpha value is -1.22. The molecule has 1 aliphatic rings. The van der Waals surface area contributed by atoms with E-state index in [2.05, 4.69) is 11.3 Å². The van der Waals surface area contributed by atoms with E-state index in [1.807, 2.05) is 24.3 Å². The third kappa shape index (κ3) is 1.02. The number of rotatable bonds is 0. The van der Waals surface area contributed by atoms with Crippen LogP contribution in [0.4, 0.5) is 0 Å². The fourth-order valence-corrected chi connectivity index (χ4v) is 1.86. The van der Waals surface area contributed by atoms with E-state index in [-0.39, 0.29) is 5.91 Å². The van der Waals surface area contributed by atoms with Crippen LogP contribution in [-0.2, 0) is 4.79 Å². The maximum absolute atomic E-state index is 11.1. The molecule has 1 heterocycles. The highest BCUT2D eigenvalue weighted by Gasteiger charge is 2.18. The Morgan fingerprint density at radius 3 is 2.92 bits per heavy atom. The molecule has 12 heavy (non-hydrogen) atoms. The summed E-state index contributed by atoms with van der Waals surface area (Å²) < 4.78 is 2.67. The first-order valence-corrected chi connectivity index (χ1v) is 4.36. The Bertz CT molecular complexity index is 359. The molecule has 60 valence electrons. The summed E-state index contributed by atoms with van der Waals surface area (Å²) in [5, 5.41) is 0. The summed E-state index contributed by atoms with van der Waals surface area (Å²) in [4.78, 5) is 12.2. The molecular weight excluding hydrogens is 170 g/mol. The van der Waals surface area contributed by atoms with Crippen molar-refractivity contribution in [2.75, 3.05) is 0 Å². The van der Waals surface area contributed by atoms with Crippen molar-refractivity contribution in [2.24, 2.45) is 0 Å². The van der Waals surface area contributed by atoms with E-state index in [1.54, 1.807) is 0 Å². The minimum Gasteiger partial charge on any atom is -0.292 e. The number of amides is 1. The number of hydrogen-bond acceptors (Lipinski definition) is 2. The van der Waals surface area contributed by atoms with Crippen LogP contribution in [0.3, 0.4) is 0 Å². The smallest absolute Gasteiger partial charge is 0.261 e. The Kier molecular flexibility index (Phi) is 1.66. The summed E-state index contributed by atoms with van der Waals surface area (Å²) in [5.41, 5.74) is 1.48. The van der Waals surface area contributed by atoms with Gasteiger partial charge in [0.15, 0.2) is 0 Å². The quantitative estimate of drug-likeness (QED) is 0.484. The molecule has 1 amide bonds. The van der Waals surface area contributed by atoms with Crippen molar-refractivity contribution in [3.8, 4) is 0 Å². The van der Waals surface area contributed by atoms with Gasteiger partial charge >= 0.3 is 0 Å². The Morgan fingerprint density at radius 2 is 2.08 bits per heavy atom. The fourth-order valence-electron chi connectivity index (χ4n) is 1.09. The van der Waals surface area contributed by atoms with Crippen LogP contribution in [0.1, 0.15) is 5.56 Å². The highest BCUT2D eigenvalue weighted by Crippen LogP contribution is 2.30. The van der Waals surface area contributed by atoms with Crippen LogP contribution < -0.4 is 4.72 Å². The molecule has 1 aliphatic heterocycles. The van der Waals surface area contributed by atoms with Gasteiger partial charge in [0.05, 0.1) is 0 Å². The van der Waals surface area contributed by atoms with Crippen LogP contribution in [-0.4, -0.2) is 5.91 Å². The molecule has 0 aliphatic carbocycles. The van der Waals surface area contributed by atoms with Gasteiger partial charge < -0.3 is 0 Å². The molecule has 0 fully saturated rings. The second-order valence-electron chi connectivity index (χ2n) is 2.51. The molecule has 0 radical (unpaired) electrons. The van der Waals surface area contributed by atoms with E-state index in [0.29, 0.717) is 5.57 Å². The maximum atomic E-state index is 11.1. The van der Waals surface area contributed by atoms with Gasteiger partial charge in [0, 0.05) is 16.0 Å². The molecule has 0 saturated carbocycles. The summed E-state index contributed by atoms with van der Waals surface area (Å²) in [7, 11) is 0. The van der Waals surface area contributed by atoms with Gasteiger partial charge in [-0.15, -0.1) is 0 Å². The second kappa shape index (κ2) is 2.68. The first-order chi connectivity index (χ1) is 5.79. The van der Waals surface area contributed by atoms with Gasteiger partial charge in [0.2, 0.25) is 0 Å². The molecule has 0 bridgehead atoms. The van der Waals surface area contributed by atoms with Gasteiger partial charge in [-0.2, -0.15) is 0 Å². The van der Waals surface area contributed by atoms with Gasteiger partial charge in [-0.3, -0.25) is 9.52 Å². The lowest BCUT2D eigenvalue weighted by Crippen LogP contribution is -2.21. The van der Waals surface area contributed by atoms with Crippen LogP contribution in [0.5, 0.6) is 0 Å². The highest BCUT2D eigenvalue weighted by atomic mass is 32.2. The van der Waals surface area contributed by atoms with Gasteiger partial charge in [-0.05, 0) is 18.0 Å². The third-order valence-corrected chi connectivity index (χ3v) is 2.60. The summed E-state index contributed by atoms with van der Waals surface area (Å²) in [6.07, 6.45) is 0. The lowest BCUT2D eigenvalue weighted by atomic mass is 10.1. The van der Waals surface area contributed by atoms with Crippen LogP contribution >= 0.6 is 11.9 Å². The second-order valence-corrected chi connectivity index (χ2v) is 3.36. The van der Waals surface area contributed by atoms with Crippen LogP contribution in [0, 0.1) is 0 Å². The molecule has 0 spiro atoms.